The minimum atomic E-state index is -0.517. The smallest absolute Gasteiger partial charge is 0.0814 e. The van der Waals surface area contributed by atoms with Crippen LogP contribution >= 0.6 is 0 Å². The minimum absolute atomic E-state index is 0.367. The third-order valence-corrected chi connectivity index (χ3v) is 4.46. The van der Waals surface area contributed by atoms with E-state index in [2.05, 4.69) is 13.8 Å². The summed E-state index contributed by atoms with van der Waals surface area (Å²) in [7, 11) is 0. The average molecular weight is 322 g/mol. The van der Waals surface area contributed by atoms with Crippen molar-refractivity contribution in [3.63, 3.8) is 0 Å². The summed E-state index contributed by atoms with van der Waals surface area (Å²) in [6.45, 7) is 6.44. The average Bonchev–Trinajstić information content (AvgIpc) is 2.58. The van der Waals surface area contributed by atoms with E-state index in [4.69, 9.17) is 16.2 Å². The zero-order chi connectivity index (χ0) is 17.1. The zero-order valence-electron chi connectivity index (χ0n) is 14.8. The van der Waals surface area contributed by atoms with Gasteiger partial charge < -0.3 is 21.3 Å². The Labute approximate surface area is 141 Å². The van der Waals surface area contributed by atoms with Gasteiger partial charge in [-0.15, -0.1) is 0 Å². The number of aliphatic hydroxyl groups is 1. The van der Waals surface area contributed by atoms with Crippen molar-refractivity contribution in [1.29, 1.82) is 0 Å². The van der Waals surface area contributed by atoms with E-state index in [1.54, 1.807) is 0 Å². The molecule has 1 aromatic rings. The third-order valence-electron chi connectivity index (χ3n) is 4.46. The van der Waals surface area contributed by atoms with Crippen LogP contribution in [0.5, 0.6) is 0 Å². The van der Waals surface area contributed by atoms with E-state index < -0.39 is 6.10 Å². The molecule has 0 radical (unpaired) electrons. The summed E-state index contributed by atoms with van der Waals surface area (Å²) in [6.07, 6.45) is 4.83. The van der Waals surface area contributed by atoms with Gasteiger partial charge >= 0.3 is 0 Å². The molecule has 23 heavy (non-hydrogen) atoms. The van der Waals surface area contributed by atoms with Crippen LogP contribution in [0, 0.1) is 5.92 Å². The van der Waals surface area contributed by atoms with Crippen LogP contribution in [0.3, 0.4) is 0 Å². The van der Waals surface area contributed by atoms with E-state index in [0.717, 1.165) is 29.7 Å². The van der Waals surface area contributed by atoms with Gasteiger partial charge in [0.15, 0.2) is 0 Å². The van der Waals surface area contributed by atoms with Gasteiger partial charge in [-0.25, -0.2) is 0 Å². The SMILES string of the molecule is CCCCC(CC)COCC(O)Cc1c(CN)cccc1CN. The van der Waals surface area contributed by atoms with Crippen molar-refractivity contribution in [1.82, 2.24) is 0 Å². The van der Waals surface area contributed by atoms with Crippen LogP contribution in [0.25, 0.3) is 0 Å². The molecule has 0 fully saturated rings. The van der Waals surface area contributed by atoms with Crippen molar-refractivity contribution in [2.75, 3.05) is 13.2 Å². The molecule has 0 heterocycles. The lowest BCUT2D eigenvalue weighted by atomic mass is 9.96. The lowest BCUT2D eigenvalue weighted by molar-refractivity contribution is 0.0191. The molecule has 4 nitrogen and oxygen atoms in total. The van der Waals surface area contributed by atoms with E-state index in [0.29, 0.717) is 32.0 Å². The Hall–Kier alpha value is -0.940. The monoisotopic (exact) mass is 322 g/mol. The Morgan fingerprint density at radius 1 is 1.09 bits per heavy atom. The molecule has 0 aliphatic rings. The highest BCUT2D eigenvalue weighted by Gasteiger charge is 2.13. The van der Waals surface area contributed by atoms with Gasteiger partial charge in [0.2, 0.25) is 0 Å². The van der Waals surface area contributed by atoms with Crippen LogP contribution in [0.1, 0.15) is 56.2 Å². The summed E-state index contributed by atoms with van der Waals surface area (Å²) < 4.78 is 5.75. The molecule has 0 aliphatic heterocycles. The van der Waals surface area contributed by atoms with Crippen molar-refractivity contribution >= 4 is 0 Å². The molecule has 1 aromatic carbocycles. The molecule has 132 valence electrons. The molecule has 0 saturated heterocycles. The summed E-state index contributed by atoms with van der Waals surface area (Å²) in [5, 5.41) is 10.3. The van der Waals surface area contributed by atoms with Gasteiger partial charge in [-0.3, -0.25) is 0 Å². The summed E-state index contributed by atoms with van der Waals surface area (Å²) in [5.41, 5.74) is 14.8. The van der Waals surface area contributed by atoms with Crippen LogP contribution < -0.4 is 11.5 Å². The first-order chi connectivity index (χ1) is 11.2. The lowest BCUT2D eigenvalue weighted by Gasteiger charge is -2.19. The number of ether oxygens (including phenoxy) is 1. The number of aliphatic hydroxyl groups excluding tert-OH is 1. The first-order valence-electron chi connectivity index (χ1n) is 8.91. The fourth-order valence-electron chi connectivity index (χ4n) is 2.90. The molecule has 2 unspecified atom stereocenters. The summed E-state index contributed by atoms with van der Waals surface area (Å²) in [5.74, 6) is 0.595. The molecule has 0 aliphatic carbocycles. The molecule has 2 atom stereocenters. The van der Waals surface area contributed by atoms with E-state index in [9.17, 15) is 5.11 Å². The molecule has 0 amide bonds. The lowest BCUT2D eigenvalue weighted by Crippen LogP contribution is -2.23. The van der Waals surface area contributed by atoms with E-state index in [1.807, 2.05) is 18.2 Å². The second kappa shape index (κ2) is 11.6. The highest BCUT2D eigenvalue weighted by molar-refractivity contribution is 5.35. The van der Waals surface area contributed by atoms with Crippen molar-refractivity contribution in [2.45, 2.75) is 65.1 Å². The predicted octanol–water partition coefficient (Wildman–Crippen LogP) is 2.74. The number of rotatable bonds is 12. The third kappa shape index (κ3) is 7.00. The van der Waals surface area contributed by atoms with Gasteiger partial charge in [0, 0.05) is 26.1 Å². The molecular formula is C19H34N2O2. The molecule has 0 bridgehead atoms. The second-order valence-corrected chi connectivity index (χ2v) is 6.27. The largest absolute Gasteiger partial charge is 0.390 e. The van der Waals surface area contributed by atoms with Gasteiger partial charge in [-0.2, -0.15) is 0 Å². The van der Waals surface area contributed by atoms with Crippen LogP contribution in [0.2, 0.25) is 0 Å². The van der Waals surface area contributed by atoms with Crippen LogP contribution in [0.4, 0.5) is 0 Å². The Kier molecular flexibility index (Phi) is 10.1. The minimum Gasteiger partial charge on any atom is -0.390 e. The molecule has 0 spiro atoms. The maximum absolute atomic E-state index is 10.3. The Balaban J connectivity index is 2.49. The normalized spacial score (nSPS) is 14.0. The fourth-order valence-corrected chi connectivity index (χ4v) is 2.90. The number of hydrogen-bond donors (Lipinski definition) is 3. The van der Waals surface area contributed by atoms with Crippen LogP contribution in [-0.4, -0.2) is 24.4 Å². The van der Waals surface area contributed by atoms with Crippen LogP contribution in [-0.2, 0) is 24.2 Å². The number of benzene rings is 1. The van der Waals surface area contributed by atoms with Gasteiger partial charge in [-0.1, -0.05) is 51.3 Å². The van der Waals surface area contributed by atoms with Gasteiger partial charge in [-0.05, 0) is 29.0 Å². The van der Waals surface area contributed by atoms with Gasteiger partial charge in [0.05, 0.1) is 12.7 Å². The Bertz CT molecular complexity index is 415. The molecule has 0 saturated carbocycles. The van der Waals surface area contributed by atoms with E-state index >= 15 is 0 Å². The number of unbranched alkanes of at least 4 members (excludes halogenated alkanes) is 1. The summed E-state index contributed by atoms with van der Waals surface area (Å²) >= 11 is 0. The standard InChI is InChI=1S/C19H34N2O2/c1-3-5-7-15(4-2)13-23-14-18(22)10-19-16(11-20)8-6-9-17(19)12-21/h6,8-9,15,18,22H,3-5,7,10-14,20-21H2,1-2H3. The number of hydrogen-bond acceptors (Lipinski definition) is 4. The molecular weight excluding hydrogens is 288 g/mol. The Morgan fingerprint density at radius 2 is 1.74 bits per heavy atom. The van der Waals surface area contributed by atoms with Crippen molar-refractivity contribution in [2.24, 2.45) is 17.4 Å². The zero-order valence-corrected chi connectivity index (χ0v) is 14.8. The fraction of sp³-hybridized carbons (Fsp3) is 0.684. The summed E-state index contributed by atoms with van der Waals surface area (Å²) in [4.78, 5) is 0. The van der Waals surface area contributed by atoms with E-state index in [1.165, 1.54) is 19.3 Å². The molecule has 0 aromatic heterocycles. The Morgan fingerprint density at radius 3 is 2.26 bits per heavy atom. The number of nitrogens with two attached hydrogens (primary N) is 2. The van der Waals surface area contributed by atoms with Crippen molar-refractivity contribution in [3.8, 4) is 0 Å². The van der Waals surface area contributed by atoms with E-state index in [-0.39, 0.29) is 0 Å². The van der Waals surface area contributed by atoms with Gasteiger partial charge in [0.25, 0.3) is 0 Å². The highest BCUT2D eigenvalue weighted by Crippen LogP contribution is 2.17. The first-order valence-corrected chi connectivity index (χ1v) is 8.91. The molecule has 5 N–H and O–H groups in total. The molecule has 1 rings (SSSR count). The van der Waals surface area contributed by atoms with Crippen molar-refractivity contribution in [3.05, 3.63) is 34.9 Å². The van der Waals surface area contributed by atoms with Gasteiger partial charge in [0.1, 0.15) is 0 Å². The topological polar surface area (TPSA) is 81.5 Å². The predicted molar refractivity (Wildman–Crippen MR) is 96.1 cm³/mol. The highest BCUT2D eigenvalue weighted by atomic mass is 16.5. The van der Waals surface area contributed by atoms with Crippen LogP contribution in [0.15, 0.2) is 18.2 Å². The van der Waals surface area contributed by atoms with Crippen molar-refractivity contribution < 1.29 is 9.84 Å². The first kappa shape index (κ1) is 20.1. The quantitative estimate of drug-likeness (QED) is 0.553. The maximum Gasteiger partial charge on any atom is 0.0814 e. The maximum atomic E-state index is 10.3. The molecule has 4 heteroatoms. The summed E-state index contributed by atoms with van der Waals surface area (Å²) in [6, 6.07) is 5.97. The second-order valence-electron chi connectivity index (χ2n) is 6.27.